The molecule has 0 spiro atoms. The van der Waals surface area contributed by atoms with Crippen LogP contribution in [0.2, 0.25) is 0 Å². The summed E-state index contributed by atoms with van der Waals surface area (Å²) >= 11 is 0. The van der Waals surface area contributed by atoms with E-state index in [0.29, 0.717) is 6.04 Å². The van der Waals surface area contributed by atoms with Gasteiger partial charge in [-0.2, -0.15) is 10.2 Å². The van der Waals surface area contributed by atoms with Gasteiger partial charge >= 0.3 is 0 Å². The van der Waals surface area contributed by atoms with E-state index in [1.807, 2.05) is 21.8 Å². The van der Waals surface area contributed by atoms with Crippen molar-refractivity contribution in [1.29, 1.82) is 0 Å². The van der Waals surface area contributed by atoms with Crippen LogP contribution in [-0.2, 0) is 6.54 Å². The lowest BCUT2D eigenvalue weighted by Crippen LogP contribution is -2.27. The van der Waals surface area contributed by atoms with Gasteiger partial charge in [0.1, 0.15) is 0 Å². The molecule has 31 heavy (non-hydrogen) atoms. The number of aromatic nitrogens is 5. The predicted octanol–water partition coefficient (Wildman–Crippen LogP) is 5.90. The number of fused-ring (bicyclic) bond motifs is 2. The van der Waals surface area contributed by atoms with Crippen molar-refractivity contribution < 1.29 is 0 Å². The van der Waals surface area contributed by atoms with Crippen molar-refractivity contribution in [2.75, 3.05) is 5.32 Å². The lowest BCUT2D eigenvalue weighted by atomic mass is 9.84. The summed E-state index contributed by atoms with van der Waals surface area (Å²) in [6.45, 7) is 7.32. The average Bonchev–Trinajstić information content (AvgIpc) is 3.39. The van der Waals surface area contributed by atoms with Gasteiger partial charge in [0, 0.05) is 24.2 Å². The Bertz CT molecular complexity index is 1190. The molecule has 3 heterocycles. The molecule has 4 aromatic rings. The number of nitrogens with one attached hydrogen (secondary N) is 1. The van der Waals surface area contributed by atoms with E-state index in [0.717, 1.165) is 51.3 Å². The minimum absolute atomic E-state index is 0. The van der Waals surface area contributed by atoms with Crippen molar-refractivity contribution in [1.82, 2.24) is 24.5 Å². The predicted molar refractivity (Wildman–Crippen MR) is 129 cm³/mol. The third-order valence-electron chi connectivity index (χ3n) is 6.56. The van der Waals surface area contributed by atoms with Crippen molar-refractivity contribution in [3.63, 3.8) is 0 Å². The lowest BCUT2D eigenvalue weighted by molar-refractivity contribution is 0.328. The quantitative estimate of drug-likeness (QED) is 0.421. The number of hydrogen-bond donors (Lipinski definition) is 1. The Balaban J connectivity index is 0.00000231. The Morgan fingerprint density at radius 3 is 2.61 bits per heavy atom. The number of nitrogens with zero attached hydrogens (tertiary/aromatic N) is 5. The van der Waals surface area contributed by atoms with E-state index in [1.165, 1.54) is 32.1 Å². The van der Waals surface area contributed by atoms with E-state index >= 15 is 0 Å². The van der Waals surface area contributed by atoms with Gasteiger partial charge in [0.2, 0.25) is 0 Å². The van der Waals surface area contributed by atoms with E-state index in [9.17, 15) is 0 Å². The molecule has 0 amide bonds. The Kier molecular flexibility index (Phi) is 6.19. The Hall–Kier alpha value is -2.60. The van der Waals surface area contributed by atoms with Gasteiger partial charge in [-0.15, -0.1) is 12.4 Å². The van der Waals surface area contributed by atoms with Gasteiger partial charge < -0.3 is 5.32 Å². The minimum Gasteiger partial charge on any atom is -0.381 e. The molecular weight excluding hydrogens is 408 g/mol. The molecule has 0 radical (unpaired) electrons. The molecule has 5 rings (SSSR count). The molecular formula is C24H31ClN6. The van der Waals surface area contributed by atoms with Gasteiger partial charge in [-0.1, -0.05) is 19.3 Å². The van der Waals surface area contributed by atoms with Gasteiger partial charge in [-0.3, -0.25) is 0 Å². The maximum absolute atomic E-state index is 4.96. The molecule has 6 nitrogen and oxygen atoms in total. The Morgan fingerprint density at radius 2 is 1.90 bits per heavy atom. The summed E-state index contributed by atoms with van der Waals surface area (Å²) < 4.78 is 3.92. The molecule has 0 bridgehead atoms. The molecule has 1 aliphatic rings. The van der Waals surface area contributed by atoms with E-state index in [2.05, 4.69) is 60.7 Å². The van der Waals surface area contributed by atoms with Gasteiger partial charge in [0.25, 0.3) is 0 Å². The number of aryl methyl sites for hydroxylation is 2. The fourth-order valence-corrected chi connectivity index (χ4v) is 4.82. The molecule has 0 aliphatic heterocycles. The highest BCUT2D eigenvalue weighted by Crippen LogP contribution is 2.35. The fourth-order valence-electron chi connectivity index (χ4n) is 4.82. The molecule has 1 saturated carbocycles. The highest BCUT2D eigenvalue weighted by Gasteiger charge is 2.22. The zero-order valence-corrected chi connectivity index (χ0v) is 19.3. The number of benzene rings is 1. The summed E-state index contributed by atoms with van der Waals surface area (Å²) in [6, 6.07) is 6.81. The lowest BCUT2D eigenvalue weighted by Gasteiger charge is -2.29. The second kappa shape index (κ2) is 8.87. The fraction of sp³-hybridized carbons (Fsp3) is 0.458. The number of rotatable bonds is 5. The number of hydrogen-bond acceptors (Lipinski definition) is 4. The molecule has 0 unspecified atom stereocenters. The summed E-state index contributed by atoms with van der Waals surface area (Å²) in [5, 5.41) is 15.2. The second-order valence-electron chi connectivity index (χ2n) is 8.68. The molecule has 1 N–H and O–H groups in total. The summed E-state index contributed by atoms with van der Waals surface area (Å²) in [4.78, 5) is 4.96. The zero-order chi connectivity index (χ0) is 20.7. The first-order valence-corrected chi connectivity index (χ1v) is 11.2. The van der Waals surface area contributed by atoms with Crippen LogP contribution in [0.5, 0.6) is 0 Å². The molecule has 1 fully saturated rings. The molecule has 0 saturated heterocycles. The summed E-state index contributed by atoms with van der Waals surface area (Å²) in [5.74, 6) is 0.718. The summed E-state index contributed by atoms with van der Waals surface area (Å²) in [7, 11) is 0. The summed E-state index contributed by atoms with van der Waals surface area (Å²) in [6.07, 6.45) is 12.6. The smallest absolute Gasteiger partial charge is 0.160 e. The van der Waals surface area contributed by atoms with Crippen molar-refractivity contribution >= 4 is 40.0 Å². The average molecular weight is 439 g/mol. The summed E-state index contributed by atoms with van der Waals surface area (Å²) in [5.41, 5.74) is 5.29. The van der Waals surface area contributed by atoms with Gasteiger partial charge in [0.05, 0.1) is 34.7 Å². The minimum atomic E-state index is 0. The maximum atomic E-state index is 4.96. The van der Waals surface area contributed by atoms with Crippen LogP contribution in [0.4, 0.5) is 5.69 Å². The topological polar surface area (TPSA) is 60.6 Å². The van der Waals surface area contributed by atoms with Crippen molar-refractivity contribution in [3.05, 3.63) is 42.4 Å². The maximum Gasteiger partial charge on any atom is 0.160 e. The third kappa shape index (κ3) is 4.01. The van der Waals surface area contributed by atoms with Crippen LogP contribution in [0, 0.1) is 12.8 Å². The standard InChI is InChI=1S/C24H30N6.ClH/c1-4-29-24-21(14-26-29)23(27-17(3)18-8-6-5-7-9-18)20-12-19(10-11-22(20)28-24)30-15-16(2)13-25-30;/h10-15,17-18H,4-9H2,1-3H3,(H,27,28);1H/t17-;/m0./s1. The molecule has 1 aliphatic carbocycles. The van der Waals surface area contributed by atoms with E-state index in [1.54, 1.807) is 0 Å². The van der Waals surface area contributed by atoms with E-state index in [-0.39, 0.29) is 12.4 Å². The van der Waals surface area contributed by atoms with Crippen LogP contribution in [-0.4, -0.2) is 30.6 Å². The first kappa shape index (κ1) is 21.6. The van der Waals surface area contributed by atoms with E-state index < -0.39 is 0 Å². The van der Waals surface area contributed by atoms with Gasteiger partial charge in [-0.25, -0.2) is 14.3 Å². The Labute approximate surface area is 189 Å². The van der Waals surface area contributed by atoms with Crippen LogP contribution < -0.4 is 5.32 Å². The molecule has 1 atom stereocenters. The molecule has 164 valence electrons. The largest absolute Gasteiger partial charge is 0.381 e. The van der Waals surface area contributed by atoms with Crippen molar-refractivity contribution in [2.45, 2.75) is 65.5 Å². The zero-order valence-electron chi connectivity index (χ0n) is 18.5. The van der Waals surface area contributed by atoms with Crippen molar-refractivity contribution in [2.24, 2.45) is 5.92 Å². The van der Waals surface area contributed by atoms with Crippen LogP contribution in [0.25, 0.3) is 27.6 Å². The highest BCUT2D eigenvalue weighted by atomic mass is 35.5. The highest BCUT2D eigenvalue weighted by molar-refractivity contribution is 6.07. The number of anilines is 1. The molecule has 1 aromatic carbocycles. The first-order chi connectivity index (χ1) is 14.6. The molecule has 7 heteroatoms. The normalized spacial score (nSPS) is 15.8. The van der Waals surface area contributed by atoms with Gasteiger partial charge in [0.15, 0.2) is 5.65 Å². The third-order valence-corrected chi connectivity index (χ3v) is 6.56. The van der Waals surface area contributed by atoms with Crippen LogP contribution >= 0.6 is 12.4 Å². The van der Waals surface area contributed by atoms with Crippen LogP contribution in [0.3, 0.4) is 0 Å². The van der Waals surface area contributed by atoms with Crippen molar-refractivity contribution in [3.8, 4) is 5.69 Å². The molecule has 3 aromatic heterocycles. The SMILES string of the molecule is CCn1ncc2c(N[C@@H](C)C3CCCCC3)c3cc(-n4cc(C)cn4)ccc3nc21.Cl. The van der Waals surface area contributed by atoms with Gasteiger partial charge in [-0.05, 0) is 63.3 Å². The first-order valence-electron chi connectivity index (χ1n) is 11.2. The monoisotopic (exact) mass is 438 g/mol. The Morgan fingerprint density at radius 1 is 1.10 bits per heavy atom. The van der Waals surface area contributed by atoms with Crippen LogP contribution in [0.1, 0.15) is 51.5 Å². The number of pyridine rings is 1. The number of halogens is 1. The van der Waals surface area contributed by atoms with E-state index in [4.69, 9.17) is 4.98 Å². The second-order valence-corrected chi connectivity index (χ2v) is 8.68. The van der Waals surface area contributed by atoms with Crippen LogP contribution in [0.15, 0.2) is 36.8 Å².